The minimum atomic E-state index is -0.268. The zero-order valence-corrected chi connectivity index (χ0v) is 27.1. The highest BCUT2D eigenvalue weighted by Crippen LogP contribution is 2.54. The first-order chi connectivity index (χ1) is 21.5. The Hall–Kier alpha value is -4.68. The van der Waals surface area contributed by atoms with E-state index in [0.717, 1.165) is 27.1 Å². The number of anilines is 3. The molecule has 1 aliphatic heterocycles. The molecule has 0 saturated carbocycles. The minimum Gasteiger partial charge on any atom is -0.490 e. The lowest BCUT2D eigenvalue weighted by Gasteiger charge is -2.42. The first kappa shape index (κ1) is 29.1. The van der Waals surface area contributed by atoms with E-state index in [1.54, 1.807) is 17.4 Å². The molecule has 0 atom stereocenters. The first-order valence-corrected chi connectivity index (χ1v) is 16.3. The fourth-order valence-corrected chi connectivity index (χ4v) is 7.36. The molecule has 2 heterocycles. The van der Waals surface area contributed by atoms with Crippen LogP contribution in [0.2, 0.25) is 0 Å². The summed E-state index contributed by atoms with van der Waals surface area (Å²) >= 11 is 1.56. The van der Waals surface area contributed by atoms with Crippen LogP contribution in [-0.2, 0) is 5.41 Å². The molecule has 2 aliphatic rings. The topological polar surface area (TPSA) is 55.8 Å². The van der Waals surface area contributed by atoms with Crippen molar-refractivity contribution < 1.29 is 19.1 Å². The van der Waals surface area contributed by atoms with E-state index in [1.807, 2.05) is 63.4 Å². The number of hydrogen-bond donors (Lipinski definition) is 0. The summed E-state index contributed by atoms with van der Waals surface area (Å²) in [5.74, 6) is 0.668. The minimum absolute atomic E-state index is 0.125. The molecule has 5 nitrogen and oxygen atoms in total. The number of Topliss-reactive ketones (excluding diaryl/α,β-unsaturated/α-hetero) is 2. The summed E-state index contributed by atoms with van der Waals surface area (Å²) in [6.07, 6.45) is 1.40. The van der Waals surface area contributed by atoms with E-state index in [2.05, 4.69) is 67.3 Å². The number of thiophene rings is 1. The monoisotopic (exact) mass is 613 g/mol. The first-order valence-electron chi connectivity index (χ1n) is 15.4. The molecule has 0 N–H and O–H groups in total. The van der Waals surface area contributed by atoms with Gasteiger partial charge in [-0.25, -0.2) is 0 Å². The Morgan fingerprint density at radius 2 is 1.29 bits per heavy atom. The van der Waals surface area contributed by atoms with Crippen LogP contribution in [0.4, 0.5) is 17.1 Å². The zero-order chi connectivity index (χ0) is 31.6. The van der Waals surface area contributed by atoms with Gasteiger partial charge in [-0.15, -0.1) is 11.3 Å². The van der Waals surface area contributed by atoms with Crippen LogP contribution in [0.25, 0.3) is 16.2 Å². The Balaban J connectivity index is 1.44. The molecular weight excluding hydrogens is 578 g/mol. The third-order valence-electron chi connectivity index (χ3n) is 8.57. The van der Waals surface area contributed by atoms with Crippen molar-refractivity contribution in [2.45, 2.75) is 59.2 Å². The Morgan fingerprint density at radius 1 is 0.711 bits per heavy atom. The van der Waals surface area contributed by atoms with Crippen molar-refractivity contribution in [3.05, 3.63) is 118 Å². The highest BCUT2D eigenvalue weighted by molar-refractivity contribution is 7.17. The summed E-state index contributed by atoms with van der Waals surface area (Å²) in [4.78, 5) is 29.6. The summed E-state index contributed by atoms with van der Waals surface area (Å²) < 4.78 is 13.9. The maximum absolute atomic E-state index is 13.7. The zero-order valence-electron chi connectivity index (χ0n) is 26.3. The van der Waals surface area contributed by atoms with E-state index in [-0.39, 0.29) is 34.8 Å². The third kappa shape index (κ3) is 4.75. The molecule has 0 unspecified atom stereocenters. The molecule has 1 aliphatic carbocycles. The summed E-state index contributed by atoms with van der Waals surface area (Å²) in [5, 5.41) is 2.94. The number of ketones is 2. The van der Waals surface area contributed by atoms with Gasteiger partial charge in [0.1, 0.15) is 11.5 Å². The average molecular weight is 614 g/mol. The maximum Gasteiger partial charge on any atom is 0.197 e. The Kier molecular flexibility index (Phi) is 6.93. The van der Waals surface area contributed by atoms with Crippen molar-refractivity contribution >= 4 is 56.1 Å². The number of carbonyl (C=O) groups is 2. The summed E-state index contributed by atoms with van der Waals surface area (Å²) in [7, 11) is 0. The molecular formula is C39H35NO4S. The molecule has 4 aromatic carbocycles. The van der Waals surface area contributed by atoms with Gasteiger partial charge in [0.2, 0.25) is 0 Å². The molecule has 226 valence electrons. The van der Waals surface area contributed by atoms with Crippen LogP contribution in [0.1, 0.15) is 78.9 Å². The van der Waals surface area contributed by atoms with E-state index < -0.39 is 0 Å². The Labute approximate surface area is 267 Å². The lowest BCUT2D eigenvalue weighted by atomic mass is 9.73. The molecule has 0 spiro atoms. The van der Waals surface area contributed by atoms with Gasteiger partial charge in [-0.1, -0.05) is 50.2 Å². The second kappa shape index (κ2) is 10.7. The van der Waals surface area contributed by atoms with Crippen LogP contribution in [0.15, 0.2) is 89.8 Å². The van der Waals surface area contributed by atoms with Crippen molar-refractivity contribution in [1.82, 2.24) is 0 Å². The van der Waals surface area contributed by atoms with Crippen molar-refractivity contribution in [3.8, 4) is 11.5 Å². The normalized spacial score (nSPS) is 16.0. The van der Waals surface area contributed by atoms with Gasteiger partial charge in [0.25, 0.3) is 0 Å². The lowest BCUT2D eigenvalue weighted by Crippen LogP contribution is -2.30. The molecule has 0 radical (unpaired) electrons. The van der Waals surface area contributed by atoms with Crippen molar-refractivity contribution in [2.75, 3.05) is 4.90 Å². The summed E-state index contributed by atoms with van der Waals surface area (Å²) in [5.41, 5.74) is 6.80. The van der Waals surface area contributed by atoms with Gasteiger partial charge in [-0.2, -0.15) is 0 Å². The number of allylic oxidation sites excluding steroid dienone is 1. The molecule has 0 fully saturated rings. The van der Waals surface area contributed by atoms with Gasteiger partial charge in [0.05, 0.1) is 34.8 Å². The van der Waals surface area contributed by atoms with Crippen LogP contribution in [0.3, 0.4) is 0 Å². The Morgan fingerprint density at radius 3 is 1.91 bits per heavy atom. The lowest BCUT2D eigenvalue weighted by molar-refractivity contribution is 0.0990. The number of hydrogen-bond acceptors (Lipinski definition) is 6. The van der Waals surface area contributed by atoms with E-state index in [0.29, 0.717) is 28.2 Å². The number of fused-ring (bicyclic) bond motifs is 4. The number of para-hydroxylation sites is 2. The molecule has 5 aromatic rings. The van der Waals surface area contributed by atoms with Gasteiger partial charge in [0, 0.05) is 32.9 Å². The average Bonchev–Trinajstić information content (AvgIpc) is 3.55. The SMILES string of the molecule is CC(C)Oc1cc(N2c3ccccc3C(C)(C)c3ccccc32)c(OC(C)C)cc1/C=C1/C(=O)c2cc3ccsc3cc2C1=O. The fourth-order valence-electron chi connectivity index (χ4n) is 6.55. The molecule has 1 aromatic heterocycles. The van der Waals surface area contributed by atoms with Crippen LogP contribution in [0.5, 0.6) is 11.5 Å². The van der Waals surface area contributed by atoms with Crippen molar-refractivity contribution in [2.24, 2.45) is 0 Å². The number of ether oxygens (including phenoxy) is 2. The fraction of sp³-hybridized carbons (Fsp3) is 0.231. The van der Waals surface area contributed by atoms with E-state index in [9.17, 15) is 9.59 Å². The van der Waals surface area contributed by atoms with Crippen molar-refractivity contribution in [3.63, 3.8) is 0 Å². The highest BCUT2D eigenvalue weighted by Gasteiger charge is 2.38. The van der Waals surface area contributed by atoms with Gasteiger partial charge < -0.3 is 14.4 Å². The summed E-state index contributed by atoms with van der Waals surface area (Å²) in [6.45, 7) is 12.4. The number of carbonyl (C=O) groups excluding carboxylic acids is 2. The molecule has 45 heavy (non-hydrogen) atoms. The molecule has 7 rings (SSSR count). The van der Waals surface area contributed by atoms with Gasteiger partial charge in [-0.05, 0) is 92.1 Å². The molecule has 0 bridgehead atoms. The smallest absolute Gasteiger partial charge is 0.197 e. The number of rotatable bonds is 6. The largest absolute Gasteiger partial charge is 0.490 e. The van der Waals surface area contributed by atoms with E-state index in [1.165, 1.54) is 11.1 Å². The third-order valence-corrected chi connectivity index (χ3v) is 9.44. The number of nitrogens with zero attached hydrogens (tertiary/aromatic N) is 1. The van der Waals surface area contributed by atoms with Crippen LogP contribution in [-0.4, -0.2) is 23.8 Å². The second-order valence-corrected chi connectivity index (χ2v) is 13.7. The van der Waals surface area contributed by atoms with Crippen LogP contribution in [0, 0.1) is 0 Å². The molecule has 0 amide bonds. The van der Waals surface area contributed by atoms with Crippen LogP contribution < -0.4 is 14.4 Å². The van der Waals surface area contributed by atoms with E-state index in [4.69, 9.17) is 9.47 Å². The molecule has 0 saturated heterocycles. The van der Waals surface area contributed by atoms with E-state index >= 15 is 0 Å². The maximum atomic E-state index is 13.7. The van der Waals surface area contributed by atoms with Gasteiger partial charge in [0.15, 0.2) is 11.6 Å². The summed E-state index contributed by atoms with van der Waals surface area (Å²) in [6, 6.07) is 26.5. The standard InChI is InChI=1S/C39H35NO4S/c1-22(2)43-34-21-33(40-31-13-9-7-11-29(31)39(5,6)30-12-8-10-14-32(30)40)35(44-23(3)4)19-25(34)18-28-37(41)26-17-24-15-16-45-36(24)20-27(26)38(28)42/h7-23H,1-6H3/b28-18-. The van der Waals surface area contributed by atoms with Crippen LogP contribution >= 0.6 is 11.3 Å². The van der Waals surface area contributed by atoms with Gasteiger partial charge >= 0.3 is 0 Å². The molecule has 6 heteroatoms. The predicted molar refractivity (Wildman–Crippen MR) is 183 cm³/mol. The van der Waals surface area contributed by atoms with Gasteiger partial charge in [-0.3, -0.25) is 9.59 Å². The number of benzene rings is 4. The van der Waals surface area contributed by atoms with Crippen molar-refractivity contribution in [1.29, 1.82) is 0 Å². The quantitative estimate of drug-likeness (QED) is 0.141. The Bertz CT molecular complexity index is 1950. The predicted octanol–water partition coefficient (Wildman–Crippen LogP) is 10.0. The second-order valence-electron chi connectivity index (χ2n) is 12.8. The highest BCUT2D eigenvalue weighted by atomic mass is 32.1.